The molecular weight excluding hydrogens is 397 g/mol. The van der Waals surface area contributed by atoms with E-state index < -0.39 is 0 Å². The van der Waals surface area contributed by atoms with Gasteiger partial charge in [-0.3, -0.25) is 0 Å². The number of benzene rings is 1. The van der Waals surface area contributed by atoms with Gasteiger partial charge in [-0.2, -0.15) is 5.10 Å². The van der Waals surface area contributed by atoms with E-state index in [9.17, 15) is 5.11 Å². The van der Waals surface area contributed by atoms with Gasteiger partial charge >= 0.3 is 0 Å². The molecule has 1 saturated heterocycles. The zero-order valence-electron chi connectivity index (χ0n) is 15.8. The van der Waals surface area contributed by atoms with Crippen LogP contribution in [0.25, 0.3) is 16.6 Å². The van der Waals surface area contributed by atoms with Gasteiger partial charge in [0, 0.05) is 25.0 Å². The van der Waals surface area contributed by atoms with E-state index in [0.29, 0.717) is 5.69 Å². The molecule has 5 rings (SSSR count). The molecule has 1 aliphatic heterocycles. The van der Waals surface area contributed by atoms with Crippen LogP contribution in [0.15, 0.2) is 24.4 Å². The summed E-state index contributed by atoms with van der Waals surface area (Å²) in [5, 5.41) is 16.0. The summed E-state index contributed by atoms with van der Waals surface area (Å²) < 4.78 is 1.77. The lowest BCUT2D eigenvalue weighted by Gasteiger charge is -2.41. The number of piperazine rings is 1. The minimum atomic E-state index is -0.120. The molecule has 1 aromatic carbocycles. The SMILES string of the molecule is Cc1nn(-c2cc(Cl)c(O)c(Cl)c2)c2cnc(N3CCN(C)CC34CC4)cc12. The van der Waals surface area contributed by atoms with Gasteiger partial charge in [0.25, 0.3) is 0 Å². The highest BCUT2D eigenvalue weighted by molar-refractivity contribution is 6.37. The van der Waals surface area contributed by atoms with Crippen LogP contribution in [-0.4, -0.2) is 57.0 Å². The predicted molar refractivity (Wildman–Crippen MR) is 112 cm³/mol. The minimum Gasteiger partial charge on any atom is -0.505 e. The first-order valence-corrected chi connectivity index (χ1v) is 10.1. The molecule has 146 valence electrons. The number of aromatic hydroxyl groups is 1. The molecule has 0 atom stereocenters. The Hall–Kier alpha value is -2.02. The highest BCUT2D eigenvalue weighted by atomic mass is 35.5. The van der Waals surface area contributed by atoms with E-state index in [2.05, 4.69) is 28.0 Å². The van der Waals surface area contributed by atoms with Crippen LogP contribution in [-0.2, 0) is 0 Å². The Kier molecular flexibility index (Phi) is 4.02. The number of aromatic nitrogens is 3. The molecule has 0 amide bonds. The first kappa shape index (κ1) is 18.0. The Morgan fingerprint density at radius 3 is 2.50 bits per heavy atom. The normalized spacial score (nSPS) is 18.9. The summed E-state index contributed by atoms with van der Waals surface area (Å²) in [6.45, 7) is 5.12. The molecule has 1 spiro atoms. The maximum atomic E-state index is 9.84. The first-order valence-electron chi connectivity index (χ1n) is 9.38. The average Bonchev–Trinajstić information content (AvgIpc) is 3.34. The lowest BCUT2D eigenvalue weighted by Crippen LogP contribution is -2.54. The molecule has 3 heterocycles. The van der Waals surface area contributed by atoms with Crippen LogP contribution >= 0.6 is 23.2 Å². The molecule has 1 N–H and O–H groups in total. The van der Waals surface area contributed by atoms with E-state index in [0.717, 1.165) is 42.0 Å². The van der Waals surface area contributed by atoms with Crippen LogP contribution < -0.4 is 4.90 Å². The molecular formula is C20H21Cl2N5O. The van der Waals surface area contributed by atoms with E-state index in [1.165, 1.54) is 12.8 Å². The fourth-order valence-corrected chi connectivity index (χ4v) is 4.75. The number of phenolic OH excluding ortho intramolecular Hbond substituents is 1. The van der Waals surface area contributed by atoms with Crippen molar-refractivity contribution < 1.29 is 5.11 Å². The summed E-state index contributed by atoms with van der Waals surface area (Å²) in [4.78, 5) is 9.66. The van der Waals surface area contributed by atoms with Gasteiger partial charge in [-0.1, -0.05) is 23.2 Å². The largest absolute Gasteiger partial charge is 0.505 e. The Morgan fingerprint density at radius 1 is 1.11 bits per heavy atom. The minimum absolute atomic E-state index is 0.120. The summed E-state index contributed by atoms with van der Waals surface area (Å²) in [6.07, 6.45) is 4.31. The molecule has 2 fully saturated rings. The Morgan fingerprint density at radius 2 is 1.82 bits per heavy atom. The molecule has 2 aromatic heterocycles. The Bertz CT molecular complexity index is 1070. The van der Waals surface area contributed by atoms with Gasteiger partial charge in [0.15, 0.2) is 5.75 Å². The molecule has 0 unspecified atom stereocenters. The molecule has 0 bridgehead atoms. The van der Waals surface area contributed by atoms with Crippen molar-refractivity contribution in [3.8, 4) is 11.4 Å². The molecule has 0 radical (unpaired) electrons. The zero-order valence-corrected chi connectivity index (χ0v) is 17.3. The summed E-state index contributed by atoms with van der Waals surface area (Å²) in [5.41, 5.74) is 2.74. The molecule has 1 saturated carbocycles. The second kappa shape index (κ2) is 6.24. The second-order valence-electron chi connectivity index (χ2n) is 7.93. The number of aryl methyl sites for hydroxylation is 1. The van der Waals surface area contributed by atoms with E-state index in [4.69, 9.17) is 28.2 Å². The van der Waals surface area contributed by atoms with Crippen molar-refractivity contribution in [2.24, 2.45) is 0 Å². The third kappa shape index (κ3) is 2.74. The Labute approximate surface area is 173 Å². The van der Waals surface area contributed by atoms with Crippen molar-refractivity contribution in [2.45, 2.75) is 25.3 Å². The van der Waals surface area contributed by atoms with Crippen LogP contribution in [0.4, 0.5) is 5.82 Å². The number of hydrogen-bond donors (Lipinski definition) is 1. The maximum Gasteiger partial charge on any atom is 0.152 e. The molecule has 8 heteroatoms. The number of anilines is 1. The van der Waals surface area contributed by atoms with Gasteiger partial charge in [-0.25, -0.2) is 9.67 Å². The van der Waals surface area contributed by atoms with Gasteiger partial charge in [0.1, 0.15) is 5.82 Å². The van der Waals surface area contributed by atoms with Crippen LogP contribution in [0.3, 0.4) is 0 Å². The van der Waals surface area contributed by atoms with Crippen LogP contribution in [0, 0.1) is 6.92 Å². The zero-order chi connectivity index (χ0) is 19.6. The average molecular weight is 418 g/mol. The topological polar surface area (TPSA) is 57.4 Å². The number of fused-ring (bicyclic) bond motifs is 1. The molecule has 1 aliphatic carbocycles. The van der Waals surface area contributed by atoms with E-state index in [1.807, 2.05) is 13.1 Å². The quantitative estimate of drug-likeness (QED) is 0.681. The number of phenols is 1. The Balaban J connectivity index is 1.59. The first-order chi connectivity index (χ1) is 13.4. The highest BCUT2D eigenvalue weighted by Gasteiger charge is 2.51. The van der Waals surface area contributed by atoms with Gasteiger partial charge in [0.2, 0.25) is 0 Å². The fraction of sp³-hybridized carbons (Fsp3) is 0.400. The van der Waals surface area contributed by atoms with Crippen molar-refractivity contribution >= 4 is 39.9 Å². The van der Waals surface area contributed by atoms with E-state index >= 15 is 0 Å². The fourth-order valence-electron chi connectivity index (χ4n) is 4.28. The summed E-state index contributed by atoms with van der Waals surface area (Å²) >= 11 is 12.2. The van der Waals surface area contributed by atoms with Crippen molar-refractivity contribution in [1.82, 2.24) is 19.7 Å². The number of likely N-dealkylation sites (N-methyl/N-ethyl adjacent to an activating group) is 1. The predicted octanol–water partition coefficient (Wildman–Crippen LogP) is 4.03. The van der Waals surface area contributed by atoms with Crippen LogP contribution in [0.2, 0.25) is 10.0 Å². The second-order valence-corrected chi connectivity index (χ2v) is 8.74. The van der Waals surface area contributed by atoms with E-state index in [1.54, 1.807) is 16.8 Å². The third-order valence-corrected chi connectivity index (χ3v) is 6.50. The smallest absolute Gasteiger partial charge is 0.152 e. The monoisotopic (exact) mass is 417 g/mol. The third-order valence-electron chi connectivity index (χ3n) is 5.93. The van der Waals surface area contributed by atoms with Crippen molar-refractivity contribution in [3.63, 3.8) is 0 Å². The number of halogens is 2. The van der Waals surface area contributed by atoms with Crippen LogP contribution in [0.5, 0.6) is 5.75 Å². The maximum absolute atomic E-state index is 9.84. The number of rotatable bonds is 2. The van der Waals surface area contributed by atoms with Crippen molar-refractivity contribution in [2.75, 3.05) is 31.6 Å². The van der Waals surface area contributed by atoms with Crippen LogP contribution in [0.1, 0.15) is 18.5 Å². The van der Waals surface area contributed by atoms with E-state index in [-0.39, 0.29) is 21.3 Å². The summed E-state index contributed by atoms with van der Waals surface area (Å²) in [7, 11) is 2.19. The van der Waals surface area contributed by atoms with Crippen molar-refractivity contribution in [1.29, 1.82) is 0 Å². The molecule has 28 heavy (non-hydrogen) atoms. The molecule has 2 aliphatic rings. The number of hydrogen-bond acceptors (Lipinski definition) is 5. The summed E-state index contributed by atoms with van der Waals surface area (Å²) in [6, 6.07) is 5.45. The van der Waals surface area contributed by atoms with Gasteiger partial charge in [0.05, 0.1) is 38.7 Å². The lowest BCUT2D eigenvalue weighted by atomic mass is 10.1. The molecule has 6 nitrogen and oxygen atoms in total. The van der Waals surface area contributed by atoms with Gasteiger partial charge in [-0.05, 0) is 45.0 Å². The number of nitrogens with zero attached hydrogens (tertiary/aromatic N) is 5. The van der Waals surface area contributed by atoms with Crippen molar-refractivity contribution in [3.05, 3.63) is 40.1 Å². The molecule has 3 aromatic rings. The highest BCUT2D eigenvalue weighted by Crippen LogP contribution is 2.46. The summed E-state index contributed by atoms with van der Waals surface area (Å²) in [5.74, 6) is 0.896. The standard InChI is InChI=1S/C20H21Cl2N5O/c1-12-14-9-18(26-6-5-25(2)11-20(26)3-4-20)23-10-17(14)27(24-12)13-7-15(21)19(28)16(22)8-13/h7-10,28H,3-6,11H2,1-2H3. The van der Waals surface area contributed by atoms with Gasteiger partial charge in [-0.15, -0.1) is 0 Å². The number of pyridine rings is 1. The lowest BCUT2D eigenvalue weighted by molar-refractivity contribution is 0.256. The van der Waals surface area contributed by atoms with Gasteiger partial charge < -0.3 is 14.9 Å².